The van der Waals surface area contributed by atoms with Crippen molar-refractivity contribution in [3.63, 3.8) is 0 Å². The number of hydrogen-bond donors (Lipinski definition) is 0. The third-order valence-corrected chi connectivity index (χ3v) is 5.40. The lowest BCUT2D eigenvalue weighted by atomic mass is 9.81. The van der Waals surface area contributed by atoms with E-state index >= 15 is 0 Å². The van der Waals surface area contributed by atoms with E-state index in [1.807, 2.05) is 14.0 Å². The molecule has 22 heavy (non-hydrogen) atoms. The highest BCUT2D eigenvalue weighted by molar-refractivity contribution is 5.78. The fourth-order valence-corrected chi connectivity index (χ4v) is 4.39. The maximum atomic E-state index is 12.3. The average Bonchev–Trinajstić information content (AvgIpc) is 3.10. The summed E-state index contributed by atoms with van der Waals surface area (Å²) in [4.78, 5) is 14.7. The fraction of sp³-hybridized carbons (Fsp3) is 0.750. The Balaban J connectivity index is 1.80. The molecule has 122 valence electrons. The van der Waals surface area contributed by atoms with Gasteiger partial charge in [-0.3, -0.25) is 9.69 Å². The van der Waals surface area contributed by atoms with Crippen molar-refractivity contribution in [3.05, 3.63) is 11.3 Å². The molecule has 1 saturated heterocycles. The highest BCUT2D eigenvalue weighted by Crippen LogP contribution is 2.50. The van der Waals surface area contributed by atoms with E-state index in [9.17, 15) is 4.79 Å². The molecule has 1 aliphatic heterocycles. The normalized spacial score (nSPS) is 27.9. The number of rotatable bonds is 4. The zero-order valence-corrected chi connectivity index (χ0v) is 13.9. The molecule has 2 heterocycles. The molecule has 6 heteroatoms. The molecular weight excluding hydrogens is 282 g/mol. The third kappa shape index (κ3) is 2.20. The van der Waals surface area contributed by atoms with E-state index in [0.717, 1.165) is 56.0 Å². The predicted molar refractivity (Wildman–Crippen MR) is 81.6 cm³/mol. The van der Waals surface area contributed by atoms with Crippen LogP contribution in [0.15, 0.2) is 0 Å². The molecule has 2 atom stereocenters. The zero-order chi connectivity index (χ0) is 15.9. The highest BCUT2D eigenvalue weighted by Gasteiger charge is 2.55. The standard InChI is InChI=1S/C16H25N3O3/c1-11-13(14(21-3)18(2)17-11)9-19-8-12-6-5-7-16(12,10-19)15(20)22-4/h12H,5-10H2,1-4H3/t12-,16-/m1/s1. The van der Waals surface area contributed by atoms with Gasteiger partial charge in [0, 0.05) is 26.7 Å². The van der Waals surface area contributed by atoms with E-state index in [1.54, 1.807) is 11.8 Å². The number of aryl methyl sites for hydroxylation is 2. The molecule has 1 aromatic rings. The van der Waals surface area contributed by atoms with Gasteiger partial charge in [-0.2, -0.15) is 5.10 Å². The minimum absolute atomic E-state index is 0.0348. The summed E-state index contributed by atoms with van der Waals surface area (Å²) in [7, 11) is 5.07. The summed E-state index contributed by atoms with van der Waals surface area (Å²) in [5.41, 5.74) is 1.81. The number of carbonyl (C=O) groups excluding carboxylic acids is 1. The molecule has 0 unspecified atom stereocenters. The second-order valence-electron chi connectivity index (χ2n) is 6.60. The van der Waals surface area contributed by atoms with Crippen LogP contribution < -0.4 is 4.74 Å². The van der Waals surface area contributed by atoms with Crippen LogP contribution in [0.5, 0.6) is 5.88 Å². The van der Waals surface area contributed by atoms with Gasteiger partial charge in [0.15, 0.2) is 0 Å². The summed E-state index contributed by atoms with van der Waals surface area (Å²) in [5.74, 6) is 1.19. The van der Waals surface area contributed by atoms with Crippen molar-refractivity contribution in [2.75, 3.05) is 27.3 Å². The molecule has 1 aliphatic carbocycles. The number of nitrogens with zero attached hydrogens (tertiary/aromatic N) is 3. The van der Waals surface area contributed by atoms with Crippen LogP contribution in [-0.2, 0) is 23.1 Å². The van der Waals surface area contributed by atoms with Crippen molar-refractivity contribution in [2.24, 2.45) is 18.4 Å². The number of methoxy groups -OCH3 is 2. The maximum Gasteiger partial charge on any atom is 0.313 e. The first-order valence-electron chi connectivity index (χ1n) is 7.89. The smallest absolute Gasteiger partial charge is 0.313 e. The van der Waals surface area contributed by atoms with Crippen molar-refractivity contribution >= 4 is 5.97 Å². The van der Waals surface area contributed by atoms with Crippen LogP contribution >= 0.6 is 0 Å². The lowest BCUT2D eigenvalue weighted by Crippen LogP contribution is -2.36. The molecule has 6 nitrogen and oxygen atoms in total. The Morgan fingerprint density at radius 2 is 2.23 bits per heavy atom. The van der Waals surface area contributed by atoms with Crippen LogP contribution in [0.2, 0.25) is 0 Å². The van der Waals surface area contributed by atoms with E-state index < -0.39 is 0 Å². The Bertz CT molecular complexity index is 583. The lowest BCUT2D eigenvalue weighted by molar-refractivity contribution is -0.153. The van der Waals surface area contributed by atoms with Gasteiger partial charge in [0.05, 0.1) is 30.9 Å². The summed E-state index contributed by atoms with van der Waals surface area (Å²) in [6.45, 7) is 4.51. The molecule has 0 bridgehead atoms. The van der Waals surface area contributed by atoms with Crippen LogP contribution in [0.3, 0.4) is 0 Å². The number of likely N-dealkylation sites (tertiary alicyclic amines) is 1. The quantitative estimate of drug-likeness (QED) is 0.789. The Morgan fingerprint density at radius 1 is 1.45 bits per heavy atom. The average molecular weight is 307 g/mol. The van der Waals surface area contributed by atoms with Gasteiger partial charge in [-0.25, -0.2) is 4.68 Å². The first kappa shape index (κ1) is 15.3. The van der Waals surface area contributed by atoms with Crippen LogP contribution in [0.4, 0.5) is 0 Å². The Morgan fingerprint density at radius 3 is 2.91 bits per heavy atom. The van der Waals surface area contributed by atoms with Gasteiger partial charge in [-0.15, -0.1) is 0 Å². The van der Waals surface area contributed by atoms with Crippen molar-refractivity contribution in [1.29, 1.82) is 0 Å². The molecule has 2 fully saturated rings. The molecular formula is C16H25N3O3. The largest absolute Gasteiger partial charge is 0.481 e. The van der Waals surface area contributed by atoms with Crippen LogP contribution in [0.1, 0.15) is 30.5 Å². The van der Waals surface area contributed by atoms with Crippen molar-refractivity contribution in [2.45, 2.75) is 32.7 Å². The Hall–Kier alpha value is -1.56. The Kier molecular flexibility index (Phi) is 3.89. The molecule has 0 aromatic carbocycles. The van der Waals surface area contributed by atoms with Crippen LogP contribution in [0, 0.1) is 18.3 Å². The van der Waals surface area contributed by atoms with Gasteiger partial charge < -0.3 is 9.47 Å². The minimum atomic E-state index is -0.294. The molecule has 3 rings (SSSR count). The molecule has 0 radical (unpaired) electrons. The molecule has 0 N–H and O–H groups in total. The number of aromatic nitrogens is 2. The summed E-state index contributed by atoms with van der Waals surface area (Å²) in [6.07, 6.45) is 3.20. The van der Waals surface area contributed by atoms with Crippen LogP contribution in [-0.4, -0.2) is 48.0 Å². The molecule has 1 saturated carbocycles. The lowest BCUT2D eigenvalue weighted by Gasteiger charge is -2.25. The molecule has 2 aliphatic rings. The van der Waals surface area contributed by atoms with E-state index in [-0.39, 0.29) is 11.4 Å². The topological polar surface area (TPSA) is 56.6 Å². The van der Waals surface area contributed by atoms with Gasteiger partial charge in [-0.1, -0.05) is 6.42 Å². The van der Waals surface area contributed by atoms with Crippen molar-refractivity contribution < 1.29 is 14.3 Å². The second-order valence-corrected chi connectivity index (χ2v) is 6.60. The van der Waals surface area contributed by atoms with Crippen molar-refractivity contribution in [1.82, 2.24) is 14.7 Å². The summed E-state index contributed by atoms with van der Waals surface area (Å²) < 4.78 is 12.4. The van der Waals surface area contributed by atoms with E-state index in [4.69, 9.17) is 9.47 Å². The van der Waals surface area contributed by atoms with Gasteiger partial charge >= 0.3 is 5.97 Å². The predicted octanol–water partition coefficient (Wildman–Crippen LogP) is 1.51. The number of hydrogen-bond acceptors (Lipinski definition) is 5. The zero-order valence-electron chi connectivity index (χ0n) is 13.9. The van der Waals surface area contributed by atoms with Gasteiger partial charge in [0.2, 0.25) is 5.88 Å². The molecule has 0 spiro atoms. The van der Waals surface area contributed by atoms with Gasteiger partial charge in [-0.05, 0) is 25.7 Å². The van der Waals surface area contributed by atoms with E-state index in [1.165, 1.54) is 7.11 Å². The number of carbonyl (C=O) groups is 1. The summed E-state index contributed by atoms with van der Waals surface area (Å²) >= 11 is 0. The second kappa shape index (κ2) is 5.57. The van der Waals surface area contributed by atoms with Crippen LogP contribution in [0.25, 0.3) is 0 Å². The van der Waals surface area contributed by atoms with Gasteiger partial charge in [0.1, 0.15) is 0 Å². The molecule has 0 amide bonds. The highest BCUT2D eigenvalue weighted by atomic mass is 16.5. The molecule has 1 aromatic heterocycles. The Labute approximate surface area is 131 Å². The third-order valence-electron chi connectivity index (χ3n) is 5.40. The number of ether oxygens (including phenoxy) is 2. The first-order valence-corrected chi connectivity index (χ1v) is 7.89. The maximum absolute atomic E-state index is 12.3. The number of fused-ring (bicyclic) bond motifs is 1. The van der Waals surface area contributed by atoms with Gasteiger partial charge in [0.25, 0.3) is 0 Å². The van der Waals surface area contributed by atoms with E-state index in [0.29, 0.717) is 5.92 Å². The SMILES string of the molecule is COC(=O)[C@@]12CCC[C@@H]1CN(Cc1c(C)nn(C)c1OC)C2. The summed E-state index contributed by atoms with van der Waals surface area (Å²) in [6, 6.07) is 0. The van der Waals surface area contributed by atoms with Crippen molar-refractivity contribution in [3.8, 4) is 5.88 Å². The fourth-order valence-electron chi connectivity index (χ4n) is 4.39. The van der Waals surface area contributed by atoms with E-state index in [2.05, 4.69) is 10.00 Å². The first-order chi connectivity index (χ1) is 10.5. The summed E-state index contributed by atoms with van der Waals surface area (Å²) in [5, 5.41) is 4.44. The monoisotopic (exact) mass is 307 g/mol. The minimum Gasteiger partial charge on any atom is -0.481 e. The number of esters is 1.